The number of rotatable bonds is 8. The van der Waals surface area contributed by atoms with Gasteiger partial charge in [0.15, 0.2) is 0 Å². The molecular formula is C23H24ClF2N5O2. The number of benzene rings is 2. The van der Waals surface area contributed by atoms with Gasteiger partial charge in [0, 0.05) is 54.7 Å². The van der Waals surface area contributed by atoms with Gasteiger partial charge in [-0.05, 0) is 12.1 Å². The molecule has 3 aromatic rings. The predicted molar refractivity (Wildman–Crippen MR) is 120 cm³/mol. The van der Waals surface area contributed by atoms with Crippen LogP contribution >= 0.6 is 11.6 Å². The summed E-state index contributed by atoms with van der Waals surface area (Å²) in [6, 6.07) is 10.6. The third-order valence-electron chi connectivity index (χ3n) is 5.61. The molecule has 0 saturated carbocycles. The molecule has 1 aromatic heterocycles. The van der Waals surface area contributed by atoms with E-state index in [4.69, 9.17) is 16.4 Å². The summed E-state index contributed by atoms with van der Waals surface area (Å²) in [5.74, 6) is -1.50. The minimum atomic E-state index is -1.62. The summed E-state index contributed by atoms with van der Waals surface area (Å²) in [6.07, 6.45) is 4.08. The van der Waals surface area contributed by atoms with E-state index in [-0.39, 0.29) is 25.3 Å². The van der Waals surface area contributed by atoms with Crippen molar-refractivity contribution in [3.8, 4) is 0 Å². The lowest BCUT2D eigenvalue weighted by Crippen LogP contribution is -2.47. The first-order chi connectivity index (χ1) is 15.9. The number of halogens is 3. The Kier molecular flexibility index (Phi) is 7.32. The minimum absolute atomic E-state index is 0.0157. The molecule has 174 valence electrons. The van der Waals surface area contributed by atoms with Gasteiger partial charge in [-0.2, -0.15) is 5.10 Å². The fraction of sp³-hybridized carbons (Fsp3) is 0.348. The number of hydrogen-bond acceptors (Lipinski definition) is 6. The predicted octanol–water partition coefficient (Wildman–Crippen LogP) is 3.77. The molecule has 1 fully saturated rings. The molecule has 33 heavy (non-hydrogen) atoms. The Bertz CT molecular complexity index is 1100. The molecule has 1 aliphatic rings. The molecular weight excluding hydrogens is 452 g/mol. The second kappa shape index (κ2) is 10.4. The van der Waals surface area contributed by atoms with Gasteiger partial charge in [-0.1, -0.05) is 41.0 Å². The van der Waals surface area contributed by atoms with Gasteiger partial charge < -0.3 is 9.94 Å². The molecule has 10 heteroatoms. The van der Waals surface area contributed by atoms with Gasteiger partial charge in [0.2, 0.25) is 0 Å². The Labute approximate surface area is 195 Å². The van der Waals surface area contributed by atoms with Crippen molar-refractivity contribution in [2.75, 3.05) is 19.6 Å². The van der Waals surface area contributed by atoms with Crippen molar-refractivity contribution in [3.63, 3.8) is 0 Å². The first kappa shape index (κ1) is 23.3. The second-order valence-corrected chi connectivity index (χ2v) is 8.45. The fourth-order valence-corrected chi connectivity index (χ4v) is 4.10. The van der Waals surface area contributed by atoms with E-state index in [0.717, 1.165) is 23.4 Å². The van der Waals surface area contributed by atoms with E-state index < -0.39 is 17.2 Å². The number of likely N-dealkylation sites (tertiary alicyclic amines) is 1. The van der Waals surface area contributed by atoms with E-state index in [9.17, 15) is 13.9 Å². The van der Waals surface area contributed by atoms with E-state index in [2.05, 4.69) is 15.2 Å². The Morgan fingerprint density at radius 1 is 1.12 bits per heavy atom. The van der Waals surface area contributed by atoms with Crippen LogP contribution in [0.4, 0.5) is 8.78 Å². The third-order valence-corrected chi connectivity index (χ3v) is 5.98. The maximum absolute atomic E-state index is 14.6. The van der Waals surface area contributed by atoms with E-state index in [1.807, 2.05) is 23.1 Å². The van der Waals surface area contributed by atoms with Gasteiger partial charge in [0.25, 0.3) is 0 Å². The summed E-state index contributed by atoms with van der Waals surface area (Å²) in [5, 5.41) is 20.4. The quantitative estimate of drug-likeness (QED) is 0.502. The van der Waals surface area contributed by atoms with Crippen LogP contribution in [0.25, 0.3) is 0 Å². The maximum Gasteiger partial charge on any atom is 0.143 e. The molecule has 2 aromatic carbocycles. The van der Waals surface area contributed by atoms with Crippen LogP contribution < -0.4 is 0 Å². The van der Waals surface area contributed by atoms with Crippen LogP contribution in [0.1, 0.15) is 24.0 Å². The zero-order chi connectivity index (χ0) is 23.3. The van der Waals surface area contributed by atoms with Crippen LogP contribution in [-0.4, -0.2) is 50.1 Å². The summed E-state index contributed by atoms with van der Waals surface area (Å²) in [4.78, 5) is 11.4. The molecule has 0 amide bonds. The number of aliphatic hydroxyl groups is 1. The number of aromatic nitrogens is 3. The van der Waals surface area contributed by atoms with E-state index in [0.29, 0.717) is 31.0 Å². The third kappa shape index (κ3) is 5.93. The maximum atomic E-state index is 14.6. The van der Waals surface area contributed by atoms with E-state index >= 15 is 0 Å². The summed E-state index contributed by atoms with van der Waals surface area (Å²) in [5.41, 5.74) is 0.161. The van der Waals surface area contributed by atoms with Crippen molar-refractivity contribution in [1.82, 2.24) is 19.7 Å². The van der Waals surface area contributed by atoms with Crippen molar-refractivity contribution in [1.29, 1.82) is 0 Å². The molecule has 2 heterocycles. The summed E-state index contributed by atoms with van der Waals surface area (Å²) in [6.45, 7) is 1.62. The largest absolute Gasteiger partial charge is 0.391 e. The molecule has 1 aliphatic heterocycles. The monoisotopic (exact) mass is 475 g/mol. The Hall–Kier alpha value is -2.88. The average molecular weight is 476 g/mol. The molecule has 1 unspecified atom stereocenters. The SMILES string of the molecule is OC(CN1CCC(=NOCc2ccccc2Cl)CC1)(Cn1cncn1)c1ccc(F)cc1F. The highest BCUT2D eigenvalue weighted by molar-refractivity contribution is 6.31. The molecule has 0 bridgehead atoms. The Morgan fingerprint density at radius 2 is 1.91 bits per heavy atom. The van der Waals surface area contributed by atoms with Crippen molar-refractivity contribution >= 4 is 17.3 Å². The van der Waals surface area contributed by atoms with Gasteiger partial charge in [-0.15, -0.1) is 0 Å². The molecule has 1 atom stereocenters. The number of β-amino-alcohol motifs (C(OH)–C–C–N with tert-alkyl or cyclic N) is 1. The summed E-state index contributed by atoms with van der Waals surface area (Å²) in [7, 11) is 0. The molecule has 1 saturated heterocycles. The van der Waals surface area contributed by atoms with Gasteiger partial charge in [-0.25, -0.2) is 18.4 Å². The van der Waals surface area contributed by atoms with Crippen LogP contribution in [0, 0.1) is 11.6 Å². The van der Waals surface area contributed by atoms with Gasteiger partial charge >= 0.3 is 0 Å². The van der Waals surface area contributed by atoms with Crippen molar-refractivity contribution < 1.29 is 18.7 Å². The van der Waals surface area contributed by atoms with Gasteiger partial charge in [-0.3, -0.25) is 4.90 Å². The number of hydrogen-bond donors (Lipinski definition) is 1. The normalized spacial score (nSPS) is 16.4. The summed E-state index contributed by atoms with van der Waals surface area (Å²) < 4.78 is 29.5. The summed E-state index contributed by atoms with van der Waals surface area (Å²) >= 11 is 6.13. The lowest BCUT2D eigenvalue weighted by molar-refractivity contribution is -0.0220. The first-order valence-electron chi connectivity index (χ1n) is 10.6. The highest BCUT2D eigenvalue weighted by Gasteiger charge is 2.36. The Morgan fingerprint density at radius 3 is 2.61 bits per heavy atom. The van der Waals surface area contributed by atoms with Crippen LogP contribution in [0.15, 0.2) is 60.3 Å². The van der Waals surface area contributed by atoms with Gasteiger partial charge in [0.1, 0.15) is 36.5 Å². The lowest BCUT2D eigenvalue weighted by atomic mass is 9.91. The highest BCUT2D eigenvalue weighted by atomic mass is 35.5. The molecule has 0 spiro atoms. The molecule has 7 nitrogen and oxygen atoms in total. The van der Waals surface area contributed by atoms with Crippen LogP contribution in [0.5, 0.6) is 0 Å². The number of oxime groups is 1. The smallest absolute Gasteiger partial charge is 0.143 e. The lowest BCUT2D eigenvalue weighted by Gasteiger charge is -2.36. The zero-order valence-corrected chi connectivity index (χ0v) is 18.6. The van der Waals surface area contributed by atoms with Crippen LogP contribution in [0.2, 0.25) is 5.02 Å². The molecule has 0 radical (unpaired) electrons. The first-order valence-corrected chi connectivity index (χ1v) is 10.9. The van der Waals surface area contributed by atoms with E-state index in [1.165, 1.54) is 23.4 Å². The van der Waals surface area contributed by atoms with Crippen LogP contribution in [0.3, 0.4) is 0 Å². The molecule has 4 rings (SSSR count). The number of piperidine rings is 1. The standard InChI is InChI=1S/C23H24ClF2N5O2/c24-21-4-2-1-3-17(21)12-33-29-19-7-9-30(10-8-19)13-23(32,14-31-16-27-15-28-31)20-6-5-18(25)11-22(20)26/h1-6,11,15-16,32H,7-10,12-14H2. The van der Waals surface area contributed by atoms with E-state index in [1.54, 1.807) is 6.07 Å². The molecule has 0 aliphatic carbocycles. The zero-order valence-electron chi connectivity index (χ0n) is 17.9. The second-order valence-electron chi connectivity index (χ2n) is 8.05. The number of nitrogens with zero attached hydrogens (tertiary/aromatic N) is 5. The topological polar surface area (TPSA) is 75.8 Å². The van der Waals surface area contributed by atoms with Crippen molar-refractivity contribution in [3.05, 3.63) is 82.9 Å². The van der Waals surface area contributed by atoms with Crippen LogP contribution in [-0.2, 0) is 23.6 Å². The van der Waals surface area contributed by atoms with Crippen molar-refractivity contribution in [2.45, 2.75) is 31.6 Å². The highest BCUT2D eigenvalue weighted by Crippen LogP contribution is 2.29. The Balaban J connectivity index is 1.40. The van der Waals surface area contributed by atoms with Gasteiger partial charge in [0.05, 0.1) is 12.3 Å². The van der Waals surface area contributed by atoms with Crippen molar-refractivity contribution in [2.24, 2.45) is 5.16 Å². The minimum Gasteiger partial charge on any atom is -0.391 e. The fourth-order valence-electron chi connectivity index (χ4n) is 3.91. The molecule has 1 N–H and O–H groups in total. The average Bonchev–Trinajstić information content (AvgIpc) is 3.29.